The van der Waals surface area contributed by atoms with Crippen LogP contribution in [0.15, 0.2) is 53.5 Å². The zero-order chi connectivity index (χ0) is 16.4. The zero-order valence-electron chi connectivity index (χ0n) is 13.1. The molecule has 0 atom stereocenters. The summed E-state index contributed by atoms with van der Waals surface area (Å²) in [6.45, 7) is 1.25. The maximum absolute atomic E-state index is 12.4. The first-order valence-corrected chi connectivity index (χ1v) is 7.40. The maximum Gasteiger partial charge on any atom is 0.274 e. The Morgan fingerprint density at radius 3 is 2.74 bits per heavy atom. The molecule has 2 heterocycles. The Morgan fingerprint density at radius 2 is 1.96 bits per heavy atom. The third kappa shape index (κ3) is 3.01. The molecule has 6 nitrogen and oxygen atoms in total. The van der Waals surface area contributed by atoms with E-state index in [1.54, 1.807) is 11.9 Å². The molecule has 3 aromatic rings. The third-order valence-electron chi connectivity index (χ3n) is 3.88. The van der Waals surface area contributed by atoms with E-state index in [-0.39, 0.29) is 17.2 Å². The van der Waals surface area contributed by atoms with Gasteiger partial charge in [0.15, 0.2) is 0 Å². The maximum atomic E-state index is 12.4. The van der Waals surface area contributed by atoms with Crippen LogP contribution in [-0.4, -0.2) is 38.7 Å². The molecule has 0 unspecified atom stereocenters. The van der Waals surface area contributed by atoms with E-state index in [2.05, 4.69) is 27.9 Å². The summed E-state index contributed by atoms with van der Waals surface area (Å²) in [6.07, 6.45) is 2.02. The molecule has 1 amide bonds. The molecule has 23 heavy (non-hydrogen) atoms. The van der Waals surface area contributed by atoms with Crippen LogP contribution in [0.1, 0.15) is 10.5 Å². The summed E-state index contributed by atoms with van der Waals surface area (Å²) < 4.78 is 3.29. The molecule has 0 aliphatic carbocycles. The van der Waals surface area contributed by atoms with Crippen molar-refractivity contribution < 1.29 is 4.79 Å². The Hall–Kier alpha value is -2.89. The van der Waals surface area contributed by atoms with Gasteiger partial charge in [0.1, 0.15) is 5.69 Å². The van der Waals surface area contributed by atoms with E-state index >= 15 is 0 Å². The summed E-state index contributed by atoms with van der Waals surface area (Å²) in [5.41, 5.74) is 1.18. The average Bonchev–Trinajstić information content (AvgIpc) is 2.97. The van der Waals surface area contributed by atoms with Gasteiger partial charge in [-0.25, -0.2) is 4.68 Å². The Labute approximate surface area is 133 Å². The van der Waals surface area contributed by atoms with Crippen molar-refractivity contribution in [3.8, 4) is 0 Å². The molecule has 0 spiro atoms. The molecule has 0 aliphatic rings. The minimum Gasteiger partial charge on any atom is -0.346 e. The monoisotopic (exact) mass is 310 g/mol. The fraction of sp³-hybridized carbons (Fsp3) is 0.235. The zero-order valence-corrected chi connectivity index (χ0v) is 13.1. The van der Waals surface area contributed by atoms with Crippen molar-refractivity contribution in [2.24, 2.45) is 7.05 Å². The van der Waals surface area contributed by atoms with Crippen LogP contribution in [0, 0.1) is 0 Å². The van der Waals surface area contributed by atoms with Gasteiger partial charge in [-0.2, -0.15) is 5.10 Å². The summed E-state index contributed by atoms with van der Waals surface area (Å²) in [4.78, 5) is 25.3. The van der Waals surface area contributed by atoms with E-state index in [9.17, 15) is 9.59 Å². The number of rotatable bonds is 4. The average molecular weight is 310 g/mol. The van der Waals surface area contributed by atoms with Gasteiger partial charge in [-0.15, -0.1) is 0 Å². The normalized spacial score (nSPS) is 10.9. The van der Waals surface area contributed by atoms with E-state index < -0.39 is 0 Å². The van der Waals surface area contributed by atoms with Gasteiger partial charge in [0.25, 0.3) is 11.5 Å². The first-order chi connectivity index (χ1) is 11.1. The van der Waals surface area contributed by atoms with Crippen molar-refractivity contribution in [2.75, 3.05) is 13.6 Å². The standard InChI is InChI=1S/C17H18N4O2/c1-19(17(23)14-7-8-16(22)20(2)18-14)11-12-21-10-9-13-5-3-4-6-15(13)21/h3-10H,11-12H2,1-2H3. The van der Waals surface area contributed by atoms with Crippen molar-refractivity contribution in [3.63, 3.8) is 0 Å². The highest BCUT2D eigenvalue weighted by Gasteiger charge is 2.14. The van der Waals surface area contributed by atoms with Crippen molar-refractivity contribution in [1.29, 1.82) is 0 Å². The molecule has 0 saturated heterocycles. The third-order valence-corrected chi connectivity index (χ3v) is 3.88. The van der Waals surface area contributed by atoms with Gasteiger partial charge < -0.3 is 9.47 Å². The van der Waals surface area contributed by atoms with Gasteiger partial charge in [-0.3, -0.25) is 9.59 Å². The van der Waals surface area contributed by atoms with Gasteiger partial charge in [0, 0.05) is 45.0 Å². The van der Waals surface area contributed by atoms with Crippen LogP contribution in [0.3, 0.4) is 0 Å². The Morgan fingerprint density at radius 1 is 1.17 bits per heavy atom. The fourth-order valence-corrected chi connectivity index (χ4v) is 2.51. The SMILES string of the molecule is CN(CCn1ccc2ccccc21)C(=O)c1ccc(=O)n(C)n1. The molecule has 2 aromatic heterocycles. The largest absolute Gasteiger partial charge is 0.346 e. The lowest BCUT2D eigenvalue weighted by Gasteiger charge is -2.17. The quantitative estimate of drug-likeness (QED) is 0.734. The summed E-state index contributed by atoms with van der Waals surface area (Å²) in [6, 6.07) is 13.0. The summed E-state index contributed by atoms with van der Waals surface area (Å²) in [5.74, 6) is -0.197. The lowest BCUT2D eigenvalue weighted by molar-refractivity contribution is 0.0782. The second-order valence-corrected chi connectivity index (χ2v) is 5.48. The highest BCUT2D eigenvalue weighted by atomic mass is 16.2. The Kier molecular flexibility index (Phi) is 3.97. The summed E-state index contributed by atoms with van der Waals surface area (Å²) >= 11 is 0. The molecule has 1 aromatic carbocycles. The molecular formula is C17H18N4O2. The first kappa shape index (κ1) is 15.0. The van der Waals surface area contributed by atoms with Crippen molar-refractivity contribution in [3.05, 3.63) is 64.7 Å². The number of benzene rings is 1. The Bertz CT molecular complexity index is 910. The molecule has 0 fully saturated rings. The smallest absolute Gasteiger partial charge is 0.274 e. The number of carbonyl (C=O) groups is 1. The second-order valence-electron chi connectivity index (χ2n) is 5.48. The number of amides is 1. The highest BCUT2D eigenvalue weighted by Crippen LogP contribution is 2.14. The van der Waals surface area contributed by atoms with Crippen LogP contribution < -0.4 is 5.56 Å². The van der Waals surface area contributed by atoms with Crippen LogP contribution in [0.25, 0.3) is 10.9 Å². The van der Waals surface area contributed by atoms with Crippen molar-refractivity contribution in [1.82, 2.24) is 19.2 Å². The second kappa shape index (κ2) is 6.08. The number of aryl methyl sites for hydroxylation is 1. The number of hydrogen-bond donors (Lipinski definition) is 0. The number of carbonyl (C=O) groups excluding carboxylic acids is 1. The van der Waals surface area contributed by atoms with Crippen LogP contribution in [-0.2, 0) is 13.6 Å². The predicted octanol–water partition coefficient (Wildman–Crippen LogP) is 1.51. The molecule has 0 N–H and O–H groups in total. The number of likely N-dealkylation sites (N-methyl/N-ethyl adjacent to an activating group) is 1. The van der Waals surface area contributed by atoms with E-state index in [1.807, 2.05) is 18.3 Å². The highest BCUT2D eigenvalue weighted by molar-refractivity contribution is 5.91. The molecule has 0 bridgehead atoms. The van der Waals surface area contributed by atoms with Crippen LogP contribution in [0.2, 0.25) is 0 Å². The molecular weight excluding hydrogens is 292 g/mol. The molecule has 3 rings (SSSR count). The summed E-state index contributed by atoms with van der Waals surface area (Å²) in [7, 11) is 3.27. The minimum absolute atomic E-state index is 0.197. The van der Waals surface area contributed by atoms with E-state index in [4.69, 9.17) is 0 Å². The van der Waals surface area contributed by atoms with Crippen molar-refractivity contribution >= 4 is 16.8 Å². The first-order valence-electron chi connectivity index (χ1n) is 7.40. The molecule has 0 saturated carbocycles. The van der Waals surface area contributed by atoms with E-state index in [1.165, 1.54) is 29.2 Å². The van der Waals surface area contributed by atoms with Crippen LogP contribution >= 0.6 is 0 Å². The Balaban J connectivity index is 1.71. The van der Waals surface area contributed by atoms with E-state index in [0.717, 1.165) is 5.52 Å². The minimum atomic E-state index is -0.233. The van der Waals surface area contributed by atoms with Gasteiger partial charge in [0.2, 0.25) is 0 Å². The number of para-hydroxylation sites is 1. The van der Waals surface area contributed by atoms with E-state index in [0.29, 0.717) is 13.1 Å². The lowest BCUT2D eigenvalue weighted by Crippen LogP contribution is -2.32. The fourth-order valence-electron chi connectivity index (χ4n) is 2.51. The van der Waals surface area contributed by atoms with Gasteiger partial charge in [-0.05, 0) is 23.6 Å². The molecule has 0 radical (unpaired) electrons. The number of nitrogens with zero attached hydrogens (tertiary/aromatic N) is 4. The molecule has 118 valence electrons. The van der Waals surface area contributed by atoms with Gasteiger partial charge >= 0.3 is 0 Å². The number of fused-ring (bicyclic) bond motifs is 1. The topological polar surface area (TPSA) is 60.1 Å². The van der Waals surface area contributed by atoms with Gasteiger partial charge in [0.05, 0.1) is 0 Å². The molecule has 6 heteroatoms. The number of aromatic nitrogens is 3. The number of hydrogen-bond acceptors (Lipinski definition) is 3. The predicted molar refractivity (Wildman–Crippen MR) is 88.4 cm³/mol. The summed E-state index contributed by atoms with van der Waals surface area (Å²) in [5, 5.41) is 5.18. The van der Waals surface area contributed by atoms with Crippen molar-refractivity contribution in [2.45, 2.75) is 6.54 Å². The van der Waals surface area contributed by atoms with Crippen LogP contribution in [0.4, 0.5) is 0 Å². The van der Waals surface area contributed by atoms with Gasteiger partial charge in [-0.1, -0.05) is 18.2 Å². The molecule has 0 aliphatic heterocycles. The van der Waals surface area contributed by atoms with Crippen LogP contribution in [0.5, 0.6) is 0 Å². The lowest BCUT2D eigenvalue weighted by atomic mass is 10.2.